The first-order valence-electron chi connectivity index (χ1n) is 4.54. The number of hydrogen-bond donors (Lipinski definition) is 2. The van der Waals surface area contributed by atoms with Crippen LogP contribution >= 0.6 is 22.7 Å². The number of amides is 1. The summed E-state index contributed by atoms with van der Waals surface area (Å²) in [7, 11) is 0. The van der Waals surface area contributed by atoms with Crippen LogP contribution in [0, 0.1) is 0 Å². The molecule has 0 aliphatic heterocycles. The minimum Gasteiger partial charge on any atom is -0.327 e. The molecule has 0 fully saturated rings. The zero-order valence-electron chi connectivity index (χ0n) is 8.19. The smallest absolute Gasteiger partial charge is 0.227 e. The zero-order chi connectivity index (χ0) is 10.8. The highest BCUT2D eigenvalue weighted by atomic mass is 32.2. The minimum absolute atomic E-state index is 0.0774. The Labute approximate surface area is 95.1 Å². The van der Waals surface area contributed by atoms with E-state index in [-0.39, 0.29) is 11.9 Å². The third-order valence-corrected chi connectivity index (χ3v) is 3.79. The number of thiophene rings is 1. The van der Waals surface area contributed by atoms with Crippen LogP contribution in [-0.2, 0) is 4.79 Å². The van der Waals surface area contributed by atoms with Crippen molar-refractivity contribution in [2.24, 2.45) is 5.73 Å². The van der Waals surface area contributed by atoms with Crippen molar-refractivity contribution in [2.75, 3.05) is 5.32 Å². The van der Waals surface area contributed by atoms with Crippen molar-refractivity contribution in [3.05, 3.63) is 11.4 Å². The Balaban J connectivity index is 2.06. The van der Waals surface area contributed by atoms with Crippen molar-refractivity contribution in [3.63, 3.8) is 0 Å². The standard InChI is InChI=1S/C9H11N3OS2/c1-5(10)4-7(13)12-9-11-6-2-3-14-8(6)15-9/h2-3,5H,4,10H2,1H3,(H,11,12,13). The zero-order valence-corrected chi connectivity index (χ0v) is 9.82. The maximum atomic E-state index is 11.4. The average molecular weight is 241 g/mol. The fraction of sp³-hybridized carbons (Fsp3) is 0.333. The van der Waals surface area contributed by atoms with Crippen molar-refractivity contribution in [1.29, 1.82) is 0 Å². The van der Waals surface area contributed by atoms with Gasteiger partial charge in [0.15, 0.2) is 5.13 Å². The first-order valence-corrected chi connectivity index (χ1v) is 6.24. The Hall–Kier alpha value is -0.980. The fourth-order valence-electron chi connectivity index (χ4n) is 1.18. The number of hydrogen-bond acceptors (Lipinski definition) is 5. The van der Waals surface area contributed by atoms with Gasteiger partial charge < -0.3 is 11.1 Å². The molecule has 2 aromatic rings. The van der Waals surface area contributed by atoms with Crippen LogP contribution in [0.25, 0.3) is 9.53 Å². The quantitative estimate of drug-likeness (QED) is 0.864. The maximum Gasteiger partial charge on any atom is 0.227 e. The Kier molecular flexibility index (Phi) is 2.99. The maximum absolute atomic E-state index is 11.4. The van der Waals surface area contributed by atoms with E-state index in [2.05, 4.69) is 10.3 Å². The molecular weight excluding hydrogens is 230 g/mol. The van der Waals surface area contributed by atoms with E-state index >= 15 is 0 Å². The van der Waals surface area contributed by atoms with Gasteiger partial charge in [-0.05, 0) is 18.4 Å². The number of carbonyl (C=O) groups is 1. The highest BCUT2D eigenvalue weighted by molar-refractivity contribution is 7.39. The number of thiazole rings is 1. The van der Waals surface area contributed by atoms with E-state index in [1.54, 1.807) is 18.3 Å². The molecule has 1 amide bonds. The highest BCUT2D eigenvalue weighted by Gasteiger charge is 2.09. The molecule has 1 atom stereocenters. The van der Waals surface area contributed by atoms with Gasteiger partial charge in [-0.2, -0.15) is 0 Å². The lowest BCUT2D eigenvalue weighted by atomic mass is 10.2. The van der Waals surface area contributed by atoms with E-state index in [4.69, 9.17) is 5.73 Å². The number of aromatic nitrogens is 1. The lowest BCUT2D eigenvalue weighted by Gasteiger charge is -2.03. The second kappa shape index (κ2) is 4.26. The molecule has 15 heavy (non-hydrogen) atoms. The molecule has 0 saturated heterocycles. The van der Waals surface area contributed by atoms with E-state index in [9.17, 15) is 4.79 Å². The van der Waals surface area contributed by atoms with E-state index < -0.39 is 0 Å². The summed E-state index contributed by atoms with van der Waals surface area (Å²) in [6.07, 6.45) is 0.327. The molecule has 0 spiro atoms. The SMILES string of the molecule is CC(N)CC(=O)Nc1nc2ccsc2s1. The summed E-state index contributed by atoms with van der Waals surface area (Å²) in [5.74, 6) is -0.0774. The molecule has 2 heterocycles. The number of anilines is 1. The fourth-order valence-corrected chi connectivity index (χ4v) is 3.04. The van der Waals surface area contributed by atoms with Crippen LogP contribution in [0.4, 0.5) is 5.13 Å². The molecule has 4 nitrogen and oxygen atoms in total. The Morgan fingerprint density at radius 2 is 2.53 bits per heavy atom. The van der Waals surface area contributed by atoms with Crippen LogP contribution in [0.1, 0.15) is 13.3 Å². The van der Waals surface area contributed by atoms with Gasteiger partial charge in [-0.3, -0.25) is 4.79 Å². The summed E-state index contributed by atoms with van der Waals surface area (Å²) in [6, 6.07) is 1.82. The highest BCUT2D eigenvalue weighted by Crippen LogP contribution is 2.30. The number of nitrogens with two attached hydrogens (primary N) is 1. The summed E-state index contributed by atoms with van der Waals surface area (Å²) in [5.41, 5.74) is 6.47. The Morgan fingerprint density at radius 3 is 3.20 bits per heavy atom. The van der Waals surface area contributed by atoms with Crippen LogP contribution in [0.15, 0.2) is 11.4 Å². The van der Waals surface area contributed by atoms with Crippen molar-refractivity contribution in [3.8, 4) is 0 Å². The normalized spacial score (nSPS) is 12.9. The second-order valence-electron chi connectivity index (χ2n) is 3.34. The van der Waals surface area contributed by atoms with Gasteiger partial charge in [0.25, 0.3) is 0 Å². The molecule has 0 bridgehead atoms. The van der Waals surface area contributed by atoms with Crippen molar-refractivity contribution in [1.82, 2.24) is 4.98 Å². The van der Waals surface area contributed by atoms with Gasteiger partial charge in [0, 0.05) is 12.5 Å². The van der Waals surface area contributed by atoms with Gasteiger partial charge in [-0.1, -0.05) is 11.3 Å². The molecule has 3 N–H and O–H groups in total. The Morgan fingerprint density at radius 1 is 1.73 bits per heavy atom. The first kappa shape index (κ1) is 10.5. The molecule has 0 aliphatic rings. The molecule has 1 unspecified atom stereocenters. The molecule has 2 aromatic heterocycles. The summed E-state index contributed by atoms with van der Waals surface area (Å²) < 4.78 is 1.13. The average Bonchev–Trinajstić information content (AvgIpc) is 2.60. The minimum atomic E-state index is -0.119. The molecule has 2 rings (SSSR count). The summed E-state index contributed by atoms with van der Waals surface area (Å²) >= 11 is 3.12. The summed E-state index contributed by atoms with van der Waals surface area (Å²) in [6.45, 7) is 1.81. The molecule has 0 aromatic carbocycles. The Bertz CT molecular complexity index is 446. The lowest BCUT2D eigenvalue weighted by Crippen LogP contribution is -2.23. The first-order chi connectivity index (χ1) is 7.15. The third-order valence-electron chi connectivity index (χ3n) is 1.78. The van der Waals surface area contributed by atoms with E-state index in [1.165, 1.54) is 11.3 Å². The van der Waals surface area contributed by atoms with Gasteiger partial charge in [0.2, 0.25) is 5.91 Å². The molecule has 80 valence electrons. The van der Waals surface area contributed by atoms with E-state index in [0.29, 0.717) is 11.6 Å². The van der Waals surface area contributed by atoms with E-state index in [1.807, 2.05) is 11.4 Å². The van der Waals surface area contributed by atoms with Gasteiger partial charge in [-0.15, -0.1) is 11.3 Å². The monoisotopic (exact) mass is 241 g/mol. The van der Waals surface area contributed by atoms with Gasteiger partial charge in [0.1, 0.15) is 4.01 Å². The van der Waals surface area contributed by atoms with E-state index in [0.717, 1.165) is 9.53 Å². The van der Waals surface area contributed by atoms with Gasteiger partial charge in [-0.25, -0.2) is 4.98 Å². The summed E-state index contributed by atoms with van der Waals surface area (Å²) in [4.78, 5) is 15.7. The topological polar surface area (TPSA) is 68.0 Å². The van der Waals surface area contributed by atoms with Crippen LogP contribution in [0.3, 0.4) is 0 Å². The number of fused-ring (bicyclic) bond motifs is 1. The van der Waals surface area contributed by atoms with Crippen LogP contribution in [0.2, 0.25) is 0 Å². The van der Waals surface area contributed by atoms with Crippen molar-refractivity contribution < 1.29 is 4.79 Å². The van der Waals surface area contributed by atoms with Crippen LogP contribution in [-0.4, -0.2) is 16.9 Å². The third kappa shape index (κ3) is 2.53. The number of nitrogens with one attached hydrogen (secondary N) is 1. The molecular formula is C9H11N3OS2. The molecule has 0 aliphatic carbocycles. The van der Waals surface area contributed by atoms with Gasteiger partial charge >= 0.3 is 0 Å². The number of carbonyl (C=O) groups excluding carboxylic acids is 1. The molecule has 0 saturated carbocycles. The van der Waals surface area contributed by atoms with Crippen molar-refractivity contribution >= 4 is 43.2 Å². The lowest BCUT2D eigenvalue weighted by molar-refractivity contribution is -0.116. The second-order valence-corrected chi connectivity index (χ2v) is 5.52. The predicted octanol–water partition coefficient (Wildman–Crippen LogP) is 2.03. The van der Waals surface area contributed by atoms with Gasteiger partial charge in [0.05, 0.1) is 5.52 Å². The van der Waals surface area contributed by atoms with Crippen LogP contribution in [0.5, 0.6) is 0 Å². The predicted molar refractivity (Wildman–Crippen MR) is 64.4 cm³/mol. The molecule has 6 heteroatoms. The number of rotatable bonds is 3. The van der Waals surface area contributed by atoms with Crippen molar-refractivity contribution in [2.45, 2.75) is 19.4 Å². The molecule has 0 radical (unpaired) electrons. The summed E-state index contributed by atoms with van der Waals surface area (Å²) in [5, 5.41) is 5.39. The largest absolute Gasteiger partial charge is 0.327 e. The number of nitrogens with zero attached hydrogens (tertiary/aromatic N) is 1. The van der Waals surface area contributed by atoms with Crippen LogP contribution < -0.4 is 11.1 Å².